The van der Waals surface area contributed by atoms with Crippen molar-refractivity contribution in [1.29, 1.82) is 0 Å². The van der Waals surface area contributed by atoms with Crippen molar-refractivity contribution in [1.82, 2.24) is 5.32 Å². The van der Waals surface area contributed by atoms with Crippen LogP contribution in [0.4, 0.5) is 0 Å². The molecule has 2 N–H and O–H groups in total. The van der Waals surface area contributed by atoms with Gasteiger partial charge in [0, 0.05) is 12.1 Å². The van der Waals surface area contributed by atoms with E-state index in [-0.39, 0.29) is 24.7 Å². The van der Waals surface area contributed by atoms with Crippen LogP contribution in [-0.4, -0.2) is 35.4 Å². The maximum Gasteiger partial charge on any atom is 0.320 e. The lowest BCUT2D eigenvalue weighted by Gasteiger charge is -2.38. The van der Waals surface area contributed by atoms with Gasteiger partial charge in [-0.2, -0.15) is 0 Å². The fraction of sp³-hybridized carbons (Fsp3) is 0.929. The molecule has 0 aromatic rings. The molecular formula is C14H27NO3. The summed E-state index contributed by atoms with van der Waals surface area (Å²) in [6.07, 6.45) is 6.38. The first-order valence-corrected chi connectivity index (χ1v) is 6.95. The van der Waals surface area contributed by atoms with Gasteiger partial charge in [0.05, 0.1) is 6.54 Å². The molecule has 0 unspecified atom stereocenters. The maximum absolute atomic E-state index is 11.7. The topological polar surface area (TPSA) is 58.6 Å². The maximum atomic E-state index is 11.7. The summed E-state index contributed by atoms with van der Waals surface area (Å²) in [5, 5.41) is 12.5. The number of carbonyl (C=O) groups excluding carboxylic acids is 1. The van der Waals surface area contributed by atoms with Gasteiger partial charge in [-0.15, -0.1) is 0 Å². The van der Waals surface area contributed by atoms with E-state index in [4.69, 9.17) is 4.74 Å². The highest BCUT2D eigenvalue weighted by Crippen LogP contribution is 2.30. The highest BCUT2D eigenvalue weighted by Gasteiger charge is 2.31. The van der Waals surface area contributed by atoms with Gasteiger partial charge in [0.1, 0.15) is 5.60 Å². The number of aliphatic hydroxyl groups is 1. The SMILES string of the molecule is CC(C)(C)OC(=O)CNC1(CCO)CCCCC1. The van der Waals surface area contributed by atoms with Crippen LogP contribution < -0.4 is 5.32 Å². The van der Waals surface area contributed by atoms with Crippen molar-refractivity contribution in [3.05, 3.63) is 0 Å². The Morgan fingerprint density at radius 3 is 2.39 bits per heavy atom. The van der Waals surface area contributed by atoms with E-state index in [1.54, 1.807) is 0 Å². The Balaban J connectivity index is 2.44. The summed E-state index contributed by atoms with van der Waals surface area (Å²) in [6, 6.07) is 0. The number of rotatable bonds is 5. The Hall–Kier alpha value is -0.610. The highest BCUT2D eigenvalue weighted by atomic mass is 16.6. The van der Waals surface area contributed by atoms with Crippen LogP contribution in [-0.2, 0) is 9.53 Å². The summed E-state index contributed by atoms with van der Waals surface area (Å²) in [5.41, 5.74) is -0.501. The number of ether oxygens (including phenoxy) is 1. The van der Waals surface area contributed by atoms with Gasteiger partial charge in [-0.3, -0.25) is 4.79 Å². The third-order valence-electron chi connectivity index (χ3n) is 3.43. The van der Waals surface area contributed by atoms with E-state index in [0.717, 1.165) is 19.3 Å². The highest BCUT2D eigenvalue weighted by molar-refractivity contribution is 5.72. The molecule has 0 aliphatic heterocycles. The van der Waals surface area contributed by atoms with Crippen molar-refractivity contribution in [3.63, 3.8) is 0 Å². The number of nitrogens with one attached hydrogen (secondary N) is 1. The summed E-state index contributed by atoms with van der Waals surface area (Å²) < 4.78 is 5.29. The van der Waals surface area contributed by atoms with Gasteiger partial charge < -0.3 is 15.2 Å². The molecule has 0 spiro atoms. The van der Waals surface area contributed by atoms with Crippen molar-refractivity contribution < 1.29 is 14.6 Å². The van der Waals surface area contributed by atoms with E-state index in [9.17, 15) is 9.90 Å². The summed E-state index contributed by atoms with van der Waals surface area (Å²) in [6.45, 7) is 6.01. The Kier molecular flexibility index (Phi) is 5.60. The Morgan fingerprint density at radius 1 is 1.28 bits per heavy atom. The average Bonchev–Trinajstić information content (AvgIpc) is 2.26. The van der Waals surface area contributed by atoms with Gasteiger partial charge in [-0.1, -0.05) is 19.3 Å². The minimum atomic E-state index is -0.435. The molecule has 1 fully saturated rings. The van der Waals surface area contributed by atoms with Crippen molar-refractivity contribution >= 4 is 5.97 Å². The van der Waals surface area contributed by atoms with E-state index >= 15 is 0 Å². The minimum Gasteiger partial charge on any atom is -0.459 e. The molecule has 1 saturated carbocycles. The molecule has 106 valence electrons. The Labute approximate surface area is 110 Å². The monoisotopic (exact) mass is 257 g/mol. The predicted molar refractivity (Wildman–Crippen MR) is 71.4 cm³/mol. The smallest absolute Gasteiger partial charge is 0.320 e. The zero-order valence-corrected chi connectivity index (χ0v) is 11.9. The van der Waals surface area contributed by atoms with Gasteiger partial charge in [0.25, 0.3) is 0 Å². The first-order valence-electron chi connectivity index (χ1n) is 6.95. The van der Waals surface area contributed by atoms with E-state index < -0.39 is 5.60 Å². The number of esters is 1. The van der Waals surface area contributed by atoms with E-state index in [1.165, 1.54) is 19.3 Å². The number of hydrogen-bond acceptors (Lipinski definition) is 4. The van der Waals surface area contributed by atoms with E-state index in [2.05, 4.69) is 5.32 Å². The molecule has 1 aliphatic carbocycles. The van der Waals surface area contributed by atoms with Crippen LogP contribution in [0.2, 0.25) is 0 Å². The third kappa shape index (κ3) is 5.36. The second-order valence-corrected chi connectivity index (χ2v) is 6.25. The molecule has 0 heterocycles. The zero-order chi connectivity index (χ0) is 13.6. The Morgan fingerprint density at radius 2 is 1.89 bits per heavy atom. The molecule has 18 heavy (non-hydrogen) atoms. The zero-order valence-electron chi connectivity index (χ0n) is 11.9. The molecule has 0 radical (unpaired) electrons. The molecule has 0 aromatic heterocycles. The first kappa shape index (κ1) is 15.4. The van der Waals surface area contributed by atoms with Crippen LogP contribution in [0.25, 0.3) is 0 Å². The predicted octanol–water partition coefficient (Wildman–Crippen LogP) is 2.00. The second kappa shape index (κ2) is 6.53. The summed E-state index contributed by atoms with van der Waals surface area (Å²) in [5.74, 6) is -0.217. The van der Waals surface area contributed by atoms with Gasteiger partial charge in [0.15, 0.2) is 0 Å². The molecule has 4 heteroatoms. The Bertz CT molecular complexity index is 259. The molecular weight excluding hydrogens is 230 g/mol. The van der Waals surface area contributed by atoms with Crippen LogP contribution >= 0.6 is 0 Å². The number of hydrogen-bond donors (Lipinski definition) is 2. The normalized spacial score (nSPS) is 19.6. The van der Waals surface area contributed by atoms with Gasteiger partial charge in [-0.25, -0.2) is 0 Å². The first-order chi connectivity index (χ1) is 8.37. The lowest BCUT2D eigenvalue weighted by molar-refractivity contribution is -0.154. The molecule has 0 bridgehead atoms. The molecule has 4 nitrogen and oxygen atoms in total. The fourth-order valence-electron chi connectivity index (χ4n) is 2.59. The van der Waals surface area contributed by atoms with Crippen LogP contribution in [0.1, 0.15) is 59.3 Å². The van der Waals surface area contributed by atoms with E-state index in [1.807, 2.05) is 20.8 Å². The fourth-order valence-corrected chi connectivity index (χ4v) is 2.59. The van der Waals surface area contributed by atoms with Crippen LogP contribution in [0.3, 0.4) is 0 Å². The quantitative estimate of drug-likeness (QED) is 0.740. The summed E-state index contributed by atoms with van der Waals surface area (Å²) >= 11 is 0. The minimum absolute atomic E-state index is 0.0656. The van der Waals surface area contributed by atoms with Crippen LogP contribution in [0.15, 0.2) is 0 Å². The summed E-state index contributed by atoms with van der Waals surface area (Å²) in [7, 11) is 0. The van der Waals surface area contributed by atoms with Gasteiger partial charge >= 0.3 is 5.97 Å². The van der Waals surface area contributed by atoms with Crippen molar-refractivity contribution in [2.75, 3.05) is 13.2 Å². The largest absolute Gasteiger partial charge is 0.459 e. The van der Waals surface area contributed by atoms with Gasteiger partial charge in [-0.05, 0) is 40.0 Å². The summed E-state index contributed by atoms with van der Waals surface area (Å²) in [4.78, 5) is 11.7. The van der Waals surface area contributed by atoms with Crippen molar-refractivity contribution in [2.24, 2.45) is 0 Å². The lowest BCUT2D eigenvalue weighted by Crippen LogP contribution is -2.50. The lowest BCUT2D eigenvalue weighted by atomic mass is 9.79. The second-order valence-electron chi connectivity index (χ2n) is 6.25. The number of aliphatic hydroxyl groups excluding tert-OH is 1. The van der Waals surface area contributed by atoms with Crippen molar-refractivity contribution in [3.8, 4) is 0 Å². The molecule has 1 aliphatic rings. The third-order valence-corrected chi connectivity index (χ3v) is 3.43. The van der Waals surface area contributed by atoms with Crippen LogP contribution in [0, 0.1) is 0 Å². The van der Waals surface area contributed by atoms with Gasteiger partial charge in [0.2, 0.25) is 0 Å². The molecule has 1 rings (SSSR count). The molecule has 0 saturated heterocycles. The standard InChI is InChI=1S/C14H27NO3/c1-13(2,3)18-12(17)11-15-14(9-10-16)7-5-4-6-8-14/h15-16H,4-11H2,1-3H3. The molecule has 0 amide bonds. The van der Waals surface area contributed by atoms with Crippen molar-refractivity contribution in [2.45, 2.75) is 70.4 Å². The average molecular weight is 257 g/mol. The van der Waals surface area contributed by atoms with Crippen LogP contribution in [0.5, 0.6) is 0 Å². The molecule has 0 atom stereocenters. The molecule has 0 aromatic carbocycles. The number of carbonyl (C=O) groups is 1. The van der Waals surface area contributed by atoms with E-state index in [0.29, 0.717) is 0 Å².